The Labute approximate surface area is 70.7 Å². The molecule has 0 radical (unpaired) electrons. The van der Waals surface area contributed by atoms with Crippen LogP contribution in [0.1, 0.15) is 19.8 Å². The lowest BCUT2D eigenvalue weighted by molar-refractivity contribution is -0.141. The van der Waals surface area contributed by atoms with Gasteiger partial charge in [0.25, 0.3) is 0 Å². The molecule has 0 aliphatic carbocycles. The number of ether oxygens (including phenoxy) is 1. The van der Waals surface area contributed by atoms with Crippen molar-refractivity contribution in [2.75, 3.05) is 7.11 Å². The number of halogens is 1. The first-order chi connectivity index (χ1) is 5.06. The molecular formula is C7H11ClO3. The van der Waals surface area contributed by atoms with Gasteiger partial charge in [-0.05, 0) is 17.5 Å². The fraction of sp³-hybridized carbons (Fsp3) is 0.714. The van der Waals surface area contributed by atoms with Crippen LogP contribution in [-0.4, -0.2) is 18.3 Å². The Morgan fingerprint density at radius 1 is 1.45 bits per heavy atom. The monoisotopic (exact) mass is 178 g/mol. The van der Waals surface area contributed by atoms with Crippen LogP contribution in [0.5, 0.6) is 0 Å². The number of methoxy groups -OCH3 is 1. The summed E-state index contributed by atoms with van der Waals surface area (Å²) in [5.74, 6) is -0.345. The molecule has 0 rings (SSSR count). The van der Waals surface area contributed by atoms with Crippen LogP contribution in [0, 0.1) is 5.92 Å². The molecule has 0 aliphatic heterocycles. The molecule has 0 aromatic rings. The van der Waals surface area contributed by atoms with Crippen molar-refractivity contribution in [3.05, 3.63) is 0 Å². The van der Waals surface area contributed by atoms with E-state index >= 15 is 0 Å². The summed E-state index contributed by atoms with van der Waals surface area (Å²) in [7, 11) is 1.32. The first-order valence-electron chi connectivity index (χ1n) is 3.31. The lowest BCUT2D eigenvalue weighted by Gasteiger charge is -2.05. The molecule has 0 amide bonds. The van der Waals surface area contributed by atoms with Gasteiger partial charge in [0.15, 0.2) is 0 Å². The van der Waals surface area contributed by atoms with Crippen LogP contribution in [-0.2, 0) is 14.3 Å². The predicted octanol–water partition coefficient (Wildman–Crippen LogP) is 1.34. The highest BCUT2D eigenvalue weighted by Gasteiger charge is 2.11. The van der Waals surface area contributed by atoms with E-state index < -0.39 is 5.24 Å². The topological polar surface area (TPSA) is 43.4 Å². The molecule has 3 nitrogen and oxygen atoms in total. The molecule has 1 atom stereocenters. The first-order valence-corrected chi connectivity index (χ1v) is 3.69. The Bertz CT molecular complexity index is 156. The number of hydrogen-bond donors (Lipinski definition) is 0. The highest BCUT2D eigenvalue weighted by Crippen LogP contribution is 2.09. The second-order valence-electron chi connectivity index (χ2n) is 2.44. The molecule has 0 heterocycles. The molecule has 0 aromatic carbocycles. The third kappa shape index (κ3) is 5.85. The van der Waals surface area contributed by atoms with Crippen LogP contribution in [0.15, 0.2) is 0 Å². The maximum absolute atomic E-state index is 10.6. The lowest BCUT2D eigenvalue weighted by atomic mass is 10.1. The average Bonchev–Trinajstić information content (AvgIpc) is 1.85. The van der Waals surface area contributed by atoms with Crippen LogP contribution in [0.4, 0.5) is 0 Å². The maximum atomic E-state index is 10.6. The molecule has 0 aromatic heterocycles. The molecule has 0 unspecified atom stereocenters. The highest BCUT2D eigenvalue weighted by atomic mass is 35.5. The fourth-order valence-electron chi connectivity index (χ4n) is 0.714. The predicted molar refractivity (Wildman–Crippen MR) is 41.3 cm³/mol. The Morgan fingerprint density at radius 2 is 2.00 bits per heavy atom. The standard InChI is InChI=1S/C7H11ClO3/c1-5(3-6(8)9)4-7(10)11-2/h5H,3-4H2,1-2H3/t5-/m0/s1. The van der Waals surface area contributed by atoms with E-state index in [9.17, 15) is 9.59 Å². The van der Waals surface area contributed by atoms with E-state index in [1.54, 1.807) is 6.92 Å². The van der Waals surface area contributed by atoms with Crippen molar-refractivity contribution in [2.45, 2.75) is 19.8 Å². The summed E-state index contributed by atoms with van der Waals surface area (Å²) in [5, 5.41) is -0.415. The summed E-state index contributed by atoms with van der Waals surface area (Å²) in [4.78, 5) is 21.0. The number of rotatable bonds is 4. The van der Waals surface area contributed by atoms with Gasteiger partial charge >= 0.3 is 5.97 Å². The van der Waals surface area contributed by atoms with E-state index in [1.807, 2.05) is 0 Å². The second kappa shape index (κ2) is 5.13. The van der Waals surface area contributed by atoms with Crippen molar-refractivity contribution in [3.8, 4) is 0 Å². The minimum Gasteiger partial charge on any atom is -0.469 e. The molecule has 0 spiro atoms. The van der Waals surface area contributed by atoms with Gasteiger partial charge in [-0.2, -0.15) is 0 Å². The van der Waals surface area contributed by atoms with E-state index in [0.717, 1.165) is 0 Å². The van der Waals surface area contributed by atoms with Gasteiger partial charge < -0.3 is 4.74 Å². The summed E-state index contributed by atoms with van der Waals surface area (Å²) in [6.45, 7) is 1.78. The number of carbonyl (C=O) groups is 2. The van der Waals surface area contributed by atoms with Crippen molar-refractivity contribution in [1.82, 2.24) is 0 Å². The van der Waals surface area contributed by atoms with E-state index in [1.165, 1.54) is 7.11 Å². The molecule has 0 aliphatic rings. The number of esters is 1. The molecule has 0 N–H and O–H groups in total. The molecule has 0 saturated heterocycles. The molecular weight excluding hydrogens is 168 g/mol. The van der Waals surface area contributed by atoms with E-state index in [0.29, 0.717) is 0 Å². The zero-order chi connectivity index (χ0) is 8.85. The van der Waals surface area contributed by atoms with Gasteiger partial charge in [0, 0.05) is 12.8 Å². The van der Waals surface area contributed by atoms with Gasteiger partial charge in [0.1, 0.15) is 0 Å². The zero-order valence-electron chi connectivity index (χ0n) is 6.59. The minimum absolute atomic E-state index is 0.0348. The Kier molecular flexibility index (Phi) is 4.86. The van der Waals surface area contributed by atoms with Crippen LogP contribution < -0.4 is 0 Å². The van der Waals surface area contributed by atoms with E-state index in [4.69, 9.17) is 11.6 Å². The Morgan fingerprint density at radius 3 is 2.36 bits per heavy atom. The number of hydrogen-bond acceptors (Lipinski definition) is 3. The van der Waals surface area contributed by atoms with Gasteiger partial charge in [-0.1, -0.05) is 6.92 Å². The zero-order valence-corrected chi connectivity index (χ0v) is 7.35. The Hall–Kier alpha value is -0.570. The summed E-state index contributed by atoms with van der Waals surface area (Å²) in [5.41, 5.74) is 0. The van der Waals surface area contributed by atoms with Crippen molar-refractivity contribution in [2.24, 2.45) is 5.92 Å². The van der Waals surface area contributed by atoms with Gasteiger partial charge in [0.05, 0.1) is 7.11 Å². The smallest absolute Gasteiger partial charge is 0.305 e. The van der Waals surface area contributed by atoms with Crippen LogP contribution >= 0.6 is 11.6 Å². The maximum Gasteiger partial charge on any atom is 0.305 e. The quantitative estimate of drug-likeness (QED) is 0.482. The SMILES string of the molecule is COC(=O)C[C@@H](C)CC(=O)Cl. The molecule has 0 fully saturated rings. The fourth-order valence-corrected chi connectivity index (χ4v) is 0.977. The molecule has 64 valence electrons. The van der Waals surface area contributed by atoms with Crippen molar-refractivity contribution in [3.63, 3.8) is 0 Å². The van der Waals surface area contributed by atoms with Crippen LogP contribution in [0.2, 0.25) is 0 Å². The van der Waals surface area contributed by atoms with Gasteiger partial charge in [-0.25, -0.2) is 0 Å². The molecule has 0 saturated carbocycles. The van der Waals surface area contributed by atoms with E-state index in [-0.39, 0.29) is 24.7 Å². The second-order valence-corrected chi connectivity index (χ2v) is 2.87. The van der Waals surface area contributed by atoms with Gasteiger partial charge in [-0.3, -0.25) is 9.59 Å². The Balaban J connectivity index is 3.60. The van der Waals surface area contributed by atoms with Gasteiger partial charge in [0.2, 0.25) is 5.24 Å². The summed E-state index contributed by atoms with van der Waals surface area (Å²) < 4.78 is 4.41. The van der Waals surface area contributed by atoms with Crippen LogP contribution in [0.25, 0.3) is 0 Å². The molecule has 0 bridgehead atoms. The molecule has 11 heavy (non-hydrogen) atoms. The first kappa shape index (κ1) is 10.4. The number of carbonyl (C=O) groups excluding carboxylic acids is 2. The van der Waals surface area contributed by atoms with Gasteiger partial charge in [-0.15, -0.1) is 0 Å². The highest BCUT2D eigenvalue weighted by molar-refractivity contribution is 6.63. The van der Waals surface area contributed by atoms with Crippen LogP contribution in [0.3, 0.4) is 0 Å². The van der Waals surface area contributed by atoms with E-state index in [2.05, 4.69) is 4.74 Å². The average molecular weight is 179 g/mol. The van der Waals surface area contributed by atoms with Crippen molar-refractivity contribution >= 4 is 22.8 Å². The van der Waals surface area contributed by atoms with Crippen molar-refractivity contribution < 1.29 is 14.3 Å². The largest absolute Gasteiger partial charge is 0.469 e. The normalized spacial score (nSPS) is 12.3. The third-order valence-electron chi connectivity index (χ3n) is 1.25. The van der Waals surface area contributed by atoms with Crippen molar-refractivity contribution in [1.29, 1.82) is 0 Å². The molecule has 4 heteroatoms. The third-order valence-corrected chi connectivity index (χ3v) is 1.41. The summed E-state index contributed by atoms with van der Waals surface area (Å²) >= 11 is 5.11. The lowest BCUT2D eigenvalue weighted by Crippen LogP contribution is -2.08. The minimum atomic E-state index is -0.415. The summed E-state index contributed by atoms with van der Waals surface area (Å²) in [6.07, 6.45) is 0.464. The summed E-state index contributed by atoms with van der Waals surface area (Å²) in [6, 6.07) is 0.